The van der Waals surface area contributed by atoms with Crippen LogP contribution >= 0.6 is 11.6 Å². The molecule has 2 aromatic rings. The van der Waals surface area contributed by atoms with Crippen LogP contribution in [-0.4, -0.2) is 19.4 Å². The van der Waals surface area contributed by atoms with Crippen molar-refractivity contribution in [2.75, 3.05) is 7.11 Å². The minimum absolute atomic E-state index is 0.224. The van der Waals surface area contributed by atoms with E-state index in [9.17, 15) is 4.79 Å². The number of carbonyl (C=O) groups excluding carboxylic acids is 1. The maximum absolute atomic E-state index is 12.3. The van der Waals surface area contributed by atoms with E-state index in [-0.39, 0.29) is 5.92 Å². The van der Waals surface area contributed by atoms with E-state index in [0.717, 1.165) is 36.8 Å². The number of hydrogen-bond acceptors (Lipinski definition) is 4. The minimum atomic E-state index is -1.11. The van der Waals surface area contributed by atoms with E-state index in [4.69, 9.17) is 25.8 Å². The number of benzene rings is 2. The van der Waals surface area contributed by atoms with Crippen molar-refractivity contribution in [3.8, 4) is 5.75 Å². The Morgan fingerprint density at radius 2 is 1.85 bits per heavy atom. The van der Waals surface area contributed by atoms with Gasteiger partial charge in [0.2, 0.25) is 0 Å². The van der Waals surface area contributed by atoms with E-state index in [2.05, 4.69) is 12.1 Å². The van der Waals surface area contributed by atoms with Crippen molar-refractivity contribution in [1.29, 1.82) is 0 Å². The quantitative estimate of drug-likeness (QED) is 0.690. The van der Waals surface area contributed by atoms with Gasteiger partial charge in [-0.05, 0) is 42.5 Å². The van der Waals surface area contributed by atoms with Gasteiger partial charge in [-0.25, -0.2) is 4.79 Å². The van der Waals surface area contributed by atoms with Crippen LogP contribution in [0.25, 0.3) is 0 Å². The lowest BCUT2D eigenvalue weighted by Gasteiger charge is -2.47. The van der Waals surface area contributed by atoms with Gasteiger partial charge in [-0.1, -0.05) is 61.2 Å². The lowest BCUT2D eigenvalue weighted by atomic mass is 9.69. The predicted octanol–water partition coefficient (Wildman–Crippen LogP) is 5.07. The molecule has 2 aliphatic rings. The summed E-state index contributed by atoms with van der Waals surface area (Å²) in [7, 11) is 1.34. The molecule has 1 fully saturated rings. The highest BCUT2D eigenvalue weighted by atomic mass is 35.5. The highest BCUT2D eigenvalue weighted by Gasteiger charge is 2.51. The molecule has 2 aromatic carbocycles. The Labute approximate surface area is 164 Å². The third kappa shape index (κ3) is 3.21. The second kappa shape index (κ2) is 7.53. The average Bonchev–Trinajstić information content (AvgIpc) is 2.73. The van der Waals surface area contributed by atoms with Gasteiger partial charge in [-0.2, -0.15) is 0 Å². The number of carbonyl (C=O) groups is 1. The number of hydrogen-bond donors (Lipinski definition) is 0. The van der Waals surface area contributed by atoms with Gasteiger partial charge in [0.1, 0.15) is 11.4 Å². The topological polar surface area (TPSA) is 44.8 Å². The van der Waals surface area contributed by atoms with Crippen LogP contribution in [0.2, 0.25) is 5.02 Å². The first kappa shape index (κ1) is 18.3. The molecule has 4 nitrogen and oxygen atoms in total. The highest BCUT2D eigenvalue weighted by molar-refractivity contribution is 6.30. The van der Waals surface area contributed by atoms with E-state index >= 15 is 0 Å². The van der Waals surface area contributed by atoms with Gasteiger partial charge in [-0.3, -0.25) is 0 Å². The molecule has 2 atom stereocenters. The fourth-order valence-corrected chi connectivity index (χ4v) is 4.60. The van der Waals surface area contributed by atoms with Crippen molar-refractivity contribution in [2.45, 2.75) is 44.0 Å². The smallest absolute Gasteiger partial charge is 0.376 e. The van der Waals surface area contributed by atoms with Crippen LogP contribution in [0.4, 0.5) is 0 Å². The average molecular weight is 387 g/mol. The van der Waals surface area contributed by atoms with Crippen molar-refractivity contribution in [3.63, 3.8) is 0 Å². The molecule has 0 spiro atoms. The maximum atomic E-state index is 12.3. The summed E-state index contributed by atoms with van der Waals surface area (Å²) in [5, 5.41) is 0.619. The summed E-state index contributed by atoms with van der Waals surface area (Å²) in [6.07, 6.45) is 4.44. The predicted molar refractivity (Wildman–Crippen MR) is 103 cm³/mol. The molecule has 0 saturated heterocycles. The van der Waals surface area contributed by atoms with Gasteiger partial charge in [-0.15, -0.1) is 0 Å². The number of esters is 1. The molecule has 1 saturated carbocycles. The largest absolute Gasteiger partial charge is 0.464 e. The summed E-state index contributed by atoms with van der Waals surface area (Å²) >= 11 is 6.35. The zero-order valence-corrected chi connectivity index (χ0v) is 16.1. The van der Waals surface area contributed by atoms with Gasteiger partial charge in [0, 0.05) is 10.6 Å². The molecule has 142 valence electrons. The van der Waals surface area contributed by atoms with Crippen molar-refractivity contribution in [3.05, 3.63) is 64.7 Å². The van der Waals surface area contributed by atoms with Gasteiger partial charge < -0.3 is 14.2 Å². The molecule has 4 rings (SSSR count). The third-order valence-corrected chi connectivity index (χ3v) is 5.88. The van der Waals surface area contributed by atoms with Gasteiger partial charge in [0.05, 0.1) is 7.11 Å². The van der Waals surface area contributed by atoms with Crippen molar-refractivity contribution < 1.29 is 19.0 Å². The molecular formula is C22H23ClO4. The summed E-state index contributed by atoms with van der Waals surface area (Å²) in [6, 6.07) is 15.6. The molecule has 0 radical (unpaired) electrons. The number of methoxy groups -OCH3 is 1. The molecule has 1 heterocycles. The Morgan fingerprint density at radius 1 is 1.11 bits per heavy atom. The van der Waals surface area contributed by atoms with Crippen LogP contribution in [0.1, 0.15) is 43.2 Å². The van der Waals surface area contributed by atoms with Crippen LogP contribution in [0, 0.1) is 5.92 Å². The van der Waals surface area contributed by atoms with Crippen LogP contribution in [0.15, 0.2) is 48.5 Å². The second-order valence-electron chi connectivity index (χ2n) is 7.17. The Balaban J connectivity index is 1.94. The zero-order valence-electron chi connectivity index (χ0n) is 15.3. The maximum Gasteiger partial charge on any atom is 0.376 e. The van der Waals surface area contributed by atoms with E-state index < -0.39 is 17.9 Å². The number of halogens is 1. The molecule has 0 aromatic heterocycles. The first-order valence-electron chi connectivity index (χ1n) is 9.43. The van der Waals surface area contributed by atoms with Gasteiger partial charge in [0.15, 0.2) is 0 Å². The number of rotatable bonds is 3. The van der Waals surface area contributed by atoms with Crippen LogP contribution in [-0.2, 0) is 19.9 Å². The van der Waals surface area contributed by atoms with E-state index in [0.29, 0.717) is 10.8 Å². The lowest BCUT2D eigenvalue weighted by molar-refractivity contribution is -0.220. The molecule has 5 heteroatoms. The summed E-state index contributed by atoms with van der Waals surface area (Å²) in [5.41, 5.74) is 1.10. The molecule has 1 aliphatic heterocycles. The molecule has 0 N–H and O–H groups in total. The Kier molecular flexibility index (Phi) is 5.11. The Hall–Kier alpha value is -2.04. The van der Waals surface area contributed by atoms with Crippen LogP contribution in [0.3, 0.4) is 0 Å². The van der Waals surface area contributed by atoms with Gasteiger partial charge in [0.25, 0.3) is 0 Å². The van der Waals surface area contributed by atoms with Crippen molar-refractivity contribution >= 4 is 17.6 Å². The van der Waals surface area contributed by atoms with Crippen molar-refractivity contribution in [1.82, 2.24) is 0 Å². The van der Waals surface area contributed by atoms with Crippen LogP contribution < -0.4 is 4.74 Å². The normalized spacial score (nSPS) is 25.3. The molecule has 2 unspecified atom stereocenters. The first-order valence-corrected chi connectivity index (χ1v) is 9.81. The highest BCUT2D eigenvalue weighted by Crippen LogP contribution is 2.53. The zero-order chi connectivity index (χ0) is 18.9. The van der Waals surface area contributed by atoms with Crippen LogP contribution in [0.5, 0.6) is 5.75 Å². The third-order valence-electron chi connectivity index (χ3n) is 5.65. The van der Waals surface area contributed by atoms with Crippen molar-refractivity contribution in [2.24, 2.45) is 5.92 Å². The van der Waals surface area contributed by atoms with E-state index in [1.165, 1.54) is 13.5 Å². The molecule has 0 amide bonds. The first-order chi connectivity index (χ1) is 13.1. The minimum Gasteiger partial charge on any atom is -0.464 e. The molecule has 27 heavy (non-hydrogen) atoms. The molecule has 0 bridgehead atoms. The summed E-state index contributed by atoms with van der Waals surface area (Å²) in [5.74, 6) is 0.309. The summed E-state index contributed by atoms with van der Waals surface area (Å²) in [6.45, 7) is 0. The monoisotopic (exact) mass is 386 g/mol. The van der Waals surface area contributed by atoms with E-state index in [1.807, 2.05) is 30.3 Å². The Morgan fingerprint density at radius 3 is 2.56 bits per heavy atom. The molecule has 1 aliphatic carbocycles. The summed E-state index contributed by atoms with van der Waals surface area (Å²) in [4.78, 5) is 12.3. The molecular weight excluding hydrogens is 364 g/mol. The second-order valence-corrected chi connectivity index (χ2v) is 7.60. The fraction of sp³-hybridized carbons (Fsp3) is 0.409. The Bertz CT molecular complexity index is 816. The lowest BCUT2D eigenvalue weighted by Crippen LogP contribution is -2.50. The van der Waals surface area contributed by atoms with E-state index in [1.54, 1.807) is 6.07 Å². The standard InChI is InChI=1S/C22H23ClO4/c1-25-20(24)21-26-19-13-12-17(23)14-18(19)22(27-21,15-8-4-2-5-9-15)16-10-6-3-7-11-16/h2,4-5,8-9,12-14,16,21H,3,6-7,10-11H2,1H3. The summed E-state index contributed by atoms with van der Waals surface area (Å²) < 4.78 is 17.3. The fourth-order valence-electron chi connectivity index (χ4n) is 4.43. The SMILES string of the molecule is COC(=O)C1Oc2ccc(Cl)cc2C(c2ccccc2)(C2CCCCC2)O1. The van der Waals surface area contributed by atoms with Gasteiger partial charge >= 0.3 is 12.3 Å². The number of fused-ring (bicyclic) bond motifs is 1. The number of ether oxygens (including phenoxy) is 3.